The molecule has 1 heterocycles. The molecule has 0 aliphatic carbocycles. The zero-order chi connectivity index (χ0) is 28.1. The van der Waals surface area contributed by atoms with Crippen LogP contribution in [-0.4, -0.2) is 15.0 Å². The van der Waals surface area contributed by atoms with Crippen molar-refractivity contribution in [2.75, 3.05) is 0 Å². The van der Waals surface area contributed by atoms with Crippen LogP contribution >= 0.6 is 0 Å². The first-order valence-electron chi connectivity index (χ1n) is 13.3. The Morgan fingerprint density at radius 1 is 0.359 bits per heavy atom. The number of aromatic nitrogens is 3. The number of nitrogens with zero attached hydrogens (tertiary/aromatic N) is 3. The summed E-state index contributed by atoms with van der Waals surface area (Å²) < 4.78 is 0. The van der Waals surface area contributed by atoms with Gasteiger partial charge < -0.3 is 0 Å². The van der Waals surface area contributed by atoms with Crippen LogP contribution in [0.2, 0.25) is 0 Å². The monoisotopic (exact) mass is 513 g/mol. The van der Waals surface area contributed by atoms with E-state index in [1.165, 1.54) is 27.1 Å². The van der Waals surface area contributed by atoms with Gasteiger partial charge in [0.1, 0.15) is 17.5 Å². The summed E-state index contributed by atoms with van der Waals surface area (Å²) in [5, 5.41) is 5.24. The lowest BCUT2D eigenvalue weighted by atomic mass is 9.87. The van der Waals surface area contributed by atoms with Crippen LogP contribution in [-0.2, 0) is 5.41 Å². The van der Waals surface area contributed by atoms with Gasteiger partial charge in [0.2, 0.25) is 0 Å². The fraction of sp³-hybridized carbons (Fsp3) is 0.194. The molecule has 39 heavy (non-hydrogen) atoms. The lowest BCUT2D eigenvalue weighted by Crippen LogP contribution is -2.10. The molecule has 0 saturated carbocycles. The first-order chi connectivity index (χ1) is 18.7. The van der Waals surface area contributed by atoms with E-state index in [0.29, 0.717) is 5.41 Å². The maximum absolute atomic E-state index is 4.01. The molecular formula is C36H39N3. The minimum absolute atomic E-state index is 0.293. The zero-order valence-electron chi connectivity index (χ0n) is 24.0. The van der Waals surface area contributed by atoms with Gasteiger partial charge in [0.05, 0.1) is 0 Å². The van der Waals surface area contributed by atoms with E-state index in [1.807, 2.05) is 20.8 Å². The zero-order valence-corrected chi connectivity index (χ0v) is 24.0. The van der Waals surface area contributed by atoms with Crippen LogP contribution in [0, 0.1) is 20.8 Å². The molecular weight excluding hydrogens is 474 g/mol. The maximum atomic E-state index is 4.01. The highest BCUT2D eigenvalue weighted by Gasteiger charge is 2.11. The summed E-state index contributed by atoms with van der Waals surface area (Å²) in [7, 11) is 0. The second-order valence-electron chi connectivity index (χ2n) is 10.3. The molecule has 6 aromatic rings. The van der Waals surface area contributed by atoms with Gasteiger partial charge in [0.25, 0.3) is 0 Å². The first kappa shape index (κ1) is 29.2. The molecule has 1 aromatic heterocycles. The van der Waals surface area contributed by atoms with Gasteiger partial charge in [-0.3, -0.25) is 0 Å². The average Bonchev–Trinajstić information content (AvgIpc) is 2.94. The predicted octanol–water partition coefficient (Wildman–Crippen LogP) is 9.46. The third-order valence-electron chi connectivity index (χ3n) is 5.93. The van der Waals surface area contributed by atoms with E-state index in [9.17, 15) is 0 Å². The molecule has 5 aromatic carbocycles. The number of fused-ring (bicyclic) bond motifs is 2. The Bertz CT molecular complexity index is 1320. The summed E-state index contributed by atoms with van der Waals surface area (Å²) in [4.78, 5) is 12.0. The van der Waals surface area contributed by atoms with Gasteiger partial charge in [-0.1, -0.05) is 148 Å². The fourth-order valence-corrected chi connectivity index (χ4v) is 3.98. The number of hydrogen-bond donors (Lipinski definition) is 0. The lowest BCUT2D eigenvalue weighted by Gasteiger charge is -2.18. The van der Waals surface area contributed by atoms with Gasteiger partial charge in [0, 0.05) is 0 Å². The molecule has 3 nitrogen and oxygen atoms in total. The number of hydrogen-bond acceptors (Lipinski definition) is 3. The second kappa shape index (κ2) is 14.5. The highest BCUT2D eigenvalue weighted by atomic mass is 15.0. The van der Waals surface area contributed by atoms with Crippen LogP contribution in [0.1, 0.15) is 43.8 Å². The van der Waals surface area contributed by atoms with Crippen molar-refractivity contribution < 1.29 is 0 Å². The molecule has 0 bridgehead atoms. The molecule has 0 saturated heterocycles. The summed E-state index contributed by atoms with van der Waals surface area (Å²) in [6.45, 7) is 12.3. The minimum atomic E-state index is 0.293. The highest BCUT2D eigenvalue weighted by molar-refractivity contribution is 5.82. The molecule has 0 amide bonds. The fourth-order valence-electron chi connectivity index (χ4n) is 3.98. The molecule has 0 N–H and O–H groups in total. The molecule has 0 fully saturated rings. The van der Waals surface area contributed by atoms with E-state index >= 15 is 0 Å². The molecule has 0 spiro atoms. The van der Waals surface area contributed by atoms with E-state index in [2.05, 4.69) is 163 Å². The van der Waals surface area contributed by atoms with Crippen LogP contribution < -0.4 is 0 Å². The van der Waals surface area contributed by atoms with Gasteiger partial charge in [-0.05, 0) is 53.3 Å². The van der Waals surface area contributed by atoms with E-state index in [0.717, 1.165) is 17.5 Å². The number of benzene rings is 5. The predicted molar refractivity (Wildman–Crippen MR) is 167 cm³/mol. The van der Waals surface area contributed by atoms with Gasteiger partial charge >= 0.3 is 0 Å². The van der Waals surface area contributed by atoms with Gasteiger partial charge in [-0.25, -0.2) is 15.0 Å². The van der Waals surface area contributed by atoms with Crippen molar-refractivity contribution in [3.8, 4) is 0 Å². The summed E-state index contributed by atoms with van der Waals surface area (Å²) in [5.74, 6) is 2.38. The summed E-state index contributed by atoms with van der Waals surface area (Å²) in [5.41, 5.74) is 1.69. The normalized spacial score (nSPS) is 10.3. The maximum Gasteiger partial charge on any atom is 0.129 e. The number of rotatable bonds is 0. The smallest absolute Gasteiger partial charge is 0.129 e. The van der Waals surface area contributed by atoms with Crippen LogP contribution in [0.4, 0.5) is 0 Å². The third kappa shape index (κ3) is 10.1. The summed E-state index contributed by atoms with van der Waals surface area (Å²) >= 11 is 0. The van der Waals surface area contributed by atoms with Crippen LogP contribution in [0.15, 0.2) is 127 Å². The van der Waals surface area contributed by atoms with Crippen molar-refractivity contribution >= 4 is 21.5 Å². The van der Waals surface area contributed by atoms with Gasteiger partial charge in [-0.2, -0.15) is 0 Å². The standard InChI is InChI=1S/2C10H8.C10H14.C6H9N3/c2*1-2-6-10-8-4-3-7-9(10)5-1;1-10(2,3)9-7-5-4-6-8-9;1-4-7-5(2)9-6(3)8-4/h2*1-8H;4-8H,1-3H3;1-3H3. The average molecular weight is 514 g/mol. The molecule has 0 aliphatic rings. The van der Waals surface area contributed by atoms with Gasteiger partial charge in [-0.15, -0.1) is 0 Å². The Balaban J connectivity index is 0.000000144. The lowest BCUT2D eigenvalue weighted by molar-refractivity contribution is 0.590. The topological polar surface area (TPSA) is 38.7 Å². The summed E-state index contributed by atoms with van der Waals surface area (Å²) in [6.07, 6.45) is 0. The quantitative estimate of drug-likeness (QED) is 0.203. The molecule has 3 heteroatoms. The van der Waals surface area contributed by atoms with E-state index in [4.69, 9.17) is 0 Å². The van der Waals surface area contributed by atoms with Crippen LogP contribution in [0.3, 0.4) is 0 Å². The molecule has 0 unspecified atom stereocenters. The third-order valence-corrected chi connectivity index (χ3v) is 5.93. The molecule has 198 valence electrons. The van der Waals surface area contributed by atoms with E-state index < -0.39 is 0 Å². The second-order valence-corrected chi connectivity index (χ2v) is 10.3. The highest BCUT2D eigenvalue weighted by Crippen LogP contribution is 2.20. The SMILES string of the molecule is CC(C)(C)c1ccccc1.Cc1nc(C)nc(C)n1.c1ccc2ccccc2c1.c1ccc2ccccc2c1. The van der Waals surface area contributed by atoms with Gasteiger partial charge in [0.15, 0.2) is 0 Å². The molecule has 0 atom stereocenters. The molecule has 0 radical (unpaired) electrons. The Morgan fingerprint density at radius 3 is 0.795 bits per heavy atom. The van der Waals surface area contributed by atoms with Crippen LogP contribution in [0.5, 0.6) is 0 Å². The Morgan fingerprint density at radius 2 is 0.590 bits per heavy atom. The minimum Gasteiger partial charge on any atom is -0.219 e. The molecule has 6 rings (SSSR count). The van der Waals surface area contributed by atoms with Crippen molar-refractivity contribution in [2.45, 2.75) is 47.0 Å². The Kier molecular flexibility index (Phi) is 10.9. The van der Waals surface area contributed by atoms with Crippen molar-refractivity contribution in [2.24, 2.45) is 0 Å². The van der Waals surface area contributed by atoms with Crippen molar-refractivity contribution in [3.63, 3.8) is 0 Å². The largest absolute Gasteiger partial charge is 0.219 e. The Hall–Kier alpha value is -4.37. The van der Waals surface area contributed by atoms with Crippen LogP contribution in [0.25, 0.3) is 21.5 Å². The van der Waals surface area contributed by atoms with Crippen molar-refractivity contribution in [3.05, 3.63) is 150 Å². The van der Waals surface area contributed by atoms with E-state index in [1.54, 1.807) is 0 Å². The van der Waals surface area contributed by atoms with Crippen molar-refractivity contribution in [1.82, 2.24) is 15.0 Å². The van der Waals surface area contributed by atoms with Crippen molar-refractivity contribution in [1.29, 1.82) is 0 Å². The first-order valence-corrected chi connectivity index (χ1v) is 13.3. The van der Waals surface area contributed by atoms with E-state index in [-0.39, 0.29) is 0 Å². The molecule has 0 aliphatic heterocycles. The number of aryl methyl sites for hydroxylation is 3. The summed E-state index contributed by atoms with van der Waals surface area (Å²) in [6, 6.07) is 44.0. The Labute approximate surface area is 233 Å².